The van der Waals surface area contributed by atoms with Crippen molar-refractivity contribution in [2.45, 2.75) is 39.3 Å². The number of rotatable bonds is 9. The molecule has 1 aliphatic rings. The summed E-state index contributed by atoms with van der Waals surface area (Å²) >= 11 is 0. The molecule has 1 fully saturated rings. The normalized spacial score (nSPS) is 17.0. The molecule has 1 atom stereocenters. The van der Waals surface area contributed by atoms with Gasteiger partial charge in [0.15, 0.2) is 5.96 Å². The van der Waals surface area contributed by atoms with Crippen LogP contribution in [0.1, 0.15) is 32.3 Å². The maximum atomic E-state index is 5.54. The summed E-state index contributed by atoms with van der Waals surface area (Å²) in [7, 11) is 3.51. The van der Waals surface area contributed by atoms with Gasteiger partial charge in [0.1, 0.15) is 5.75 Å². The maximum absolute atomic E-state index is 5.54. The van der Waals surface area contributed by atoms with Gasteiger partial charge in [-0.15, -0.1) is 0 Å². The number of morpholine rings is 1. The van der Waals surface area contributed by atoms with Crippen LogP contribution in [0.15, 0.2) is 29.3 Å². The molecule has 2 rings (SSSR count). The smallest absolute Gasteiger partial charge is 0.191 e. The molecule has 1 aliphatic heterocycles. The maximum Gasteiger partial charge on any atom is 0.191 e. The lowest BCUT2D eigenvalue weighted by atomic mass is 9.92. The quantitative estimate of drug-likeness (QED) is 0.512. The first-order valence-corrected chi connectivity index (χ1v) is 10.1. The van der Waals surface area contributed by atoms with Crippen LogP contribution in [0.25, 0.3) is 0 Å². The minimum absolute atomic E-state index is 0.499. The van der Waals surface area contributed by atoms with E-state index in [0.717, 1.165) is 44.6 Å². The predicted molar refractivity (Wildman–Crippen MR) is 111 cm³/mol. The van der Waals surface area contributed by atoms with E-state index in [4.69, 9.17) is 9.47 Å². The monoisotopic (exact) mass is 376 g/mol. The van der Waals surface area contributed by atoms with Crippen molar-refractivity contribution in [1.29, 1.82) is 0 Å². The van der Waals surface area contributed by atoms with Crippen molar-refractivity contribution in [3.05, 3.63) is 29.8 Å². The highest BCUT2D eigenvalue weighted by atomic mass is 16.5. The summed E-state index contributed by atoms with van der Waals surface area (Å²) in [4.78, 5) is 6.97. The Bertz CT molecular complexity index is 569. The van der Waals surface area contributed by atoms with Gasteiger partial charge in [-0.25, -0.2) is 0 Å². The average Bonchev–Trinajstić information content (AvgIpc) is 2.73. The highest BCUT2D eigenvalue weighted by molar-refractivity contribution is 5.79. The van der Waals surface area contributed by atoms with Gasteiger partial charge in [0.2, 0.25) is 0 Å². The van der Waals surface area contributed by atoms with E-state index in [-0.39, 0.29) is 0 Å². The van der Waals surface area contributed by atoms with Crippen LogP contribution in [-0.2, 0) is 11.3 Å². The Kier molecular flexibility index (Phi) is 9.42. The summed E-state index contributed by atoms with van der Waals surface area (Å²) < 4.78 is 10.8. The van der Waals surface area contributed by atoms with Crippen molar-refractivity contribution in [2.75, 3.05) is 47.0 Å². The van der Waals surface area contributed by atoms with Gasteiger partial charge >= 0.3 is 0 Å². The molecule has 0 aliphatic carbocycles. The van der Waals surface area contributed by atoms with E-state index in [2.05, 4.69) is 40.4 Å². The lowest BCUT2D eigenvalue weighted by Crippen LogP contribution is -2.53. The zero-order chi connectivity index (χ0) is 19.5. The van der Waals surface area contributed by atoms with Crippen LogP contribution in [0.2, 0.25) is 0 Å². The molecule has 0 bridgehead atoms. The van der Waals surface area contributed by atoms with Crippen LogP contribution < -0.4 is 15.4 Å². The van der Waals surface area contributed by atoms with Crippen molar-refractivity contribution in [1.82, 2.24) is 15.5 Å². The van der Waals surface area contributed by atoms with E-state index < -0.39 is 0 Å². The minimum atomic E-state index is 0.499. The highest BCUT2D eigenvalue weighted by Gasteiger charge is 2.26. The molecule has 1 aromatic rings. The minimum Gasteiger partial charge on any atom is -0.497 e. The van der Waals surface area contributed by atoms with Crippen molar-refractivity contribution >= 4 is 5.96 Å². The van der Waals surface area contributed by atoms with Gasteiger partial charge in [-0.3, -0.25) is 9.89 Å². The zero-order valence-electron chi connectivity index (χ0n) is 17.3. The zero-order valence-corrected chi connectivity index (χ0v) is 17.3. The van der Waals surface area contributed by atoms with E-state index >= 15 is 0 Å². The molecule has 1 aromatic carbocycles. The fourth-order valence-electron chi connectivity index (χ4n) is 3.73. The van der Waals surface area contributed by atoms with Gasteiger partial charge in [-0.05, 0) is 23.6 Å². The summed E-state index contributed by atoms with van der Waals surface area (Å²) in [6, 6.07) is 8.59. The lowest BCUT2D eigenvalue weighted by molar-refractivity contribution is 0.00272. The van der Waals surface area contributed by atoms with E-state index in [9.17, 15) is 0 Å². The van der Waals surface area contributed by atoms with Crippen LogP contribution in [0.3, 0.4) is 0 Å². The SMILES string of the molecule is CCC(CC)C(CNC(=NC)NCc1cccc(OC)c1)N1CCOCC1. The summed E-state index contributed by atoms with van der Waals surface area (Å²) in [5.41, 5.74) is 1.17. The fraction of sp³-hybridized carbons (Fsp3) is 0.667. The molecule has 27 heavy (non-hydrogen) atoms. The summed E-state index contributed by atoms with van der Waals surface area (Å²) in [6.45, 7) is 9.87. The van der Waals surface area contributed by atoms with Crippen molar-refractivity contribution in [2.24, 2.45) is 10.9 Å². The van der Waals surface area contributed by atoms with E-state index in [1.165, 1.54) is 18.4 Å². The number of benzene rings is 1. The van der Waals surface area contributed by atoms with Gasteiger partial charge < -0.3 is 20.1 Å². The number of ether oxygens (including phenoxy) is 2. The molecule has 6 nitrogen and oxygen atoms in total. The van der Waals surface area contributed by atoms with Crippen LogP contribution in [0.5, 0.6) is 5.75 Å². The Labute approximate surface area is 164 Å². The fourth-order valence-corrected chi connectivity index (χ4v) is 3.73. The Hall–Kier alpha value is -1.79. The highest BCUT2D eigenvalue weighted by Crippen LogP contribution is 2.19. The van der Waals surface area contributed by atoms with Crippen molar-refractivity contribution in [3.8, 4) is 5.75 Å². The predicted octanol–water partition coefficient (Wildman–Crippen LogP) is 2.50. The molecule has 1 saturated heterocycles. The standard InChI is InChI=1S/C21H36N4O2/c1-5-18(6-2)20(25-10-12-27-13-11-25)16-24-21(22-3)23-15-17-8-7-9-19(14-17)26-4/h7-9,14,18,20H,5-6,10-13,15-16H2,1-4H3,(H2,22,23,24). The third-order valence-corrected chi connectivity index (χ3v) is 5.40. The van der Waals surface area contributed by atoms with Crippen LogP contribution in [-0.4, -0.2) is 63.9 Å². The molecular formula is C21H36N4O2. The second-order valence-electron chi connectivity index (χ2n) is 6.95. The molecule has 1 heterocycles. The molecule has 6 heteroatoms. The van der Waals surface area contributed by atoms with Gasteiger partial charge in [0.05, 0.1) is 20.3 Å². The molecule has 0 radical (unpaired) electrons. The van der Waals surface area contributed by atoms with Crippen LogP contribution >= 0.6 is 0 Å². The Morgan fingerprint density at radius 1 is 1.22 bits per heavy atom. The molecule has 0 spiro atoms. The molecular weight excluding hydrogens is 340 g/mol. The Morgan fingerprint density at radius 3 is 2.59 bits per heavy atom. The van der Waals surface area contributed by atoms with E-state index in [1.54, 1.807) is 7.11 Å². The lowest BCUT2D eigenvalue weighted by Gasteiger charge is -2.39. The molecule has 0 amide bonds. The second-order valence-corrected chi connectivity index (χ2v) is 6.95. The number of hydrogen-bond donors (Lipinski definition) is 2. The average molecular weight is 377 g/mol. The third-order valence-electron chi connectivity index (χ3n) is 5.40. The number of aliphatic imine (C=N–C) groups is 1. The largest absolute Gasteiger partial charge is 0.497 e. The van der Waals surface area contributed by atoms with Crippen LogP contribution in [0, 0.1) is 5.92 Å². The Balaban J connectivity index is 1.92. The number of hydrogen-bond acceptors (Lipinski definition) is 4. The van der Waals surface area contributed by atoms with Crippen molar-refractivity contribution < 1.29 is 9.47 Å². The third kappa shape index (κ3) is 6.70. The number of guanidine groups is 1. The molecule has 2 N–H and O–H groups in total. The topological polar surface area (TPSA) is 58.1 Å². The van der Waals surface area contributed by atoms with Gasteiger partial charge in [0, 0.05) is 39.3 Å². The number of nitrogens with zero attached hydrogens (tertiary/aromatic N) is 2. The summed E-state index contributed by atoms with van der Waals surface area (Å²) in [5.74, 6) is 2.38. The van der Waals surface area contributed by atoms with E-state index in [0.29, 0.717) is 18.5 Å². The van der Waals surface area contributed by atoms with Gasteiger partial charge in [0.25, 0.3) is 0 Å². The van der Waals surface area contributed by atoms with Gasteiger partial charge in [-0.2, -0.15) is 0 Å². The van der Waals surface area contributed by atoms with E-state index in [1.807, 2.05) is 25.2 Å². The first kappa shape index (κ1) is 21.5. The summed E-state index contributed by atoms with van der Waals surface area (Å²) in [6.07, 6.45) is 2.38. The first-order chi connectivity index (χ1) is 13.2. The van der Waals surface area contributed by atoms with Crippen LogP contribution in [0.4, 0.5) is 0 Å². The summed E-state index contributed by atoms with van der Waals surface area (Å²) in [5, 5.41) is 6.95. The first-order valence-electron chi connectivity index (χ1n) is 10.1. The number of nitrogens with one attached hydrogen (secondary N) is 2. The van der Waals surface area contributed by atoms with Crippen molar-refractivity contribution in [3.63, 3.8) is 0 Å². The second kappa shape index (κ2) is 11.8. The molecule has 1 unspecified atom stereocenters. The molecule has 0 aromatic heterocycles. The molecule has 152 valence electrons. The Morgan fingerprint density at radius 2 is 1.96 bits per heavy atom. The van der Waals surface area contributed by atoms with Gasteiger partial charge in [-0.1, -0.05) is 38.8 Å². The molecule has 0 saturated carbocycles. The number of methoxy groups -OCH3 is 1.